The molecule has 0 aromatic carbocycles. The van der Waals surface area contributed by atoms with Crippen LogP contribution in [0.5, 0.6) is 0 Å². The van der Waals surface area contributed by atoms with E-state index >= 15 is 0 Å². The molecule has 0 aliphatic heterocycles. The zero-order valence-electron chi connectivity index (χ0n) is 14.4. The van der Waals surface area contributed by atoms with E-state index in [0.29, 0.717) is 12.3 Å². The van der Waals surface area contributed by atoms with E-state index in [0.717, 1.165) is 35.5 Å². The fourth-order valence-corrected chi connectivity index (χ4v) is 6.80. The summed E-state index contributed by atoms with van der Waals surface area (Å²) in [5, 5.41) is 0. The van der Waals surface area contributed by atoms with Gasteiger partial charge in [-0.3, -0.25) is 4.79 Å². The molecule has 0 amide bonds. The first kappa shape index (κ1) is 15.4. The average molecular weight is 292 g/mol. The molecule has 0 heterocycles. The van der Waals surface area contributed by atoms with Crippen LogP contribution < -0.4 is 0 Å². The van der Waals surface area contributed by atoms with Crippen LogP contribution in [0.4, 0.5) is 0 Å². The maximum absolute atomic E-state index is 11.9. The molecule has 0 aromatic heterocycles. The zero-order chi connectivity index (χ0) is 15.4. The third-order valence-corrected chi connectivity index (χ3v) is 7.95. The quantitative estimate of drug-likeness (QED) is 0.712. The monoisotopic (exact) mass is 292 g/mol. The van der Waals surface area contributed by atoms with Crippen LogP contribution in [0.3, 0.4) is 0 Å². The Bertz CT molecular complexity index is 418. The van der Waals surface area contributed by atoms with Gasteiger partial charge in [0, 0.05) is 0 Å². The second kappa shape index (κ2) is 5.28. The van der Waals surface area contributed by atoms with Crippen molar-refractivity contribution >= 4 is 5.97 Å². The van der Waals surface area contributed by atoms with E-state index in [1.165, 1.54) is 32.8 Å². The Morgan fingerprint density at radius 2 is 1.76 bits per heavy atom. The second-order valence-corrected chi connectivity index (χ2v) is 8.28. The molecule has 3 fully saturated rings. The number of rotatable bonds is 4. The Balaban J connectivity index is 1.89. The van der Waals surface area contributed by atoms with E-state index in [1.54, 1.807) is 0 Å². The largest absolute Gasteiger partial charge is 0.469 e. The van der Waals surface area contributed by atoms with Gasteiger partial charge in [-0.1, -0.05) is 40.5 Å². The van der Waals surface area contributed by atoms with E-state index in [-0.39, 0.29) is 11.4 Å². The number of carbonyl (C=O) groups excluding carboxylic acids is 1. The highest BCUT2D eigenvalue weighted by Gasteiger charge is 2.66. The third kappa shape index (κ3) is 2.00. The van der Waals surface area contributed by atoms with Crippen molar-refractivity contribution in [3.05, 3.63) is 0 Å². The molecule has 2 nitrogen and oxygen atoms in total. The van der Waals surface area contributed by atoms with Gasteiger partial charge < -0.3 is 4.74 Å². The molecule has 21 heavy (non-hydrogen) atoms. The van der Waals surface area contributed by atoms with E-state index < -0.39 is 0 Å². The molecule has 0 N–H and O–H groups in total. The summed E-state index contributed by atoms with van der Waals surface area (Å²) >= 11 is 0. The molecule has 0 saturated heterocycles. The molecule has 3 saturated carbocycles. The molecule has 3 rings (SSSR count). The highest BCUT2D eigenvalue weighted by atomic mass is 16.5. The van der Waals surface area contributed by atoms with E-state index in [1.807, 2.05) is 0 Å². The lowest BCUT2D eigenvalue weighted by atomic mass is 9.58. The van der Waals surface area contributed by atoms with Crippen LogP contribution in [0.25, 0.3) is 0 Å². The first-order chi connectivity index (χ1) is 9.97. The Morgan fingerprint density at radius 1 is 1.14 bits per heavy atom. The van der Waals surface area contributed by atoms with Gasteiger partial charge in [0.05, 0.1) is 13.5 Å². The van der Waals surface area contributed by atoms with Crippen LogP contribution >= 0.6 is 0 Å². The minimum Gasteiger partial charge on any atom is -0.469 e. The summed E-state index contributed by atoms with van der Waals surface area (Å²) in [5.41, 5.74) is 0.176. The Morgan fingerprint density at radius 3 is 2.33 bits per heavy atom. The van der Waals surface area contributed by atoms with Crippen molar-refractivity contribution < 1.29 is 9.53 Å². The maximum atomic E-state index is 11.9. The van der Waals surface area contributed by atoms with Crippen molar-refractivity contribution in [1.29, 1.82) is 0 Å². The standard InChI is InChI=1S/C19H32O2/c1-6-12-8-13(7-2)18-15-9-14(17(12)18)11(3)19(15,4)10-16(20)21-5/h11-15,17-18H,6-10H2,1-5H3. The Labute approximate surface area is 130 Å². The number of methoxy groups -OCH3 is 1. The molecule has 120 valence electrons. The highest BCUT2D eigenvalue weighted by molar-refractivity contribution is 5.70. The number of hydrogen-bond acceptors (Lipinski definition) is 2. The first-order valence-electron chi connectivity index (χ1n) is 9.04. The van der Waals surface area contributed by atoms with Gasteiger partial charge in [0.2, 0.25) is 0 Å². The normalized spacial score (nSPS) is 51.2. The number of ether oxygens (including phenoxy) is 1. The van der Waals surface area contributed by atoms with Crippen LogP contribution in [0, 0.1) is 46.8 Å². The maximum Gasteiger partial charge on any atom is 0.306 e. The SMILES string of the molecule is CCC1CC(CC)C2C1C1CC2C(C)(CC(=O)OC)C1C. The third-order valence-electron chi connectivity index (χ3n) is 7.95. The number of fused-ring (bicyclic) bond motifs is 5. The van der Waals surface area contributed by atoms with Crippen molar-refractivity contribution in [1.82, 2.24) is 0 Å². The fourth-order valence-electron chi connectivity index (χ4n) is 6.80. The molecule has 8 unspecified atom stereocenters. The molecule has 2 heteroatoms. The van der Waals surface area contributed by atoms with Crippen molar-refractivity contribution in [2.75, 3.05) is 7.11 Å². The molecule has 0 radical (unpaired) electrons. The molecular weight excluding hydrogens is 260 g/mol. The van der Waals surface area contributed by atoms with Crippen molar-refractivity contribution in [3.63, 3.8) is 0 Å². The number of carbonyl (C=O) groups is 1. The second-order valence-electron chi connectivity index (χ2n) is 8.28. The van der Waals surface area contributed by atoms with Gasteiger partial charge in [0.15, 0.2) is 0 Å². The minimum absolute atomic E-state index is 0.00784. The van der Waals surface area contributed by atoms with Gasteiger partial charge in [-0.05, 0) is 59.7 Å². The summed E-state index contributed by atoms with van der Waals surface area (Å²) in [7, 11) is 1.53. The smallest absolute Gasteiger partial charge is 0.306 e. The summed E-state index contributed by atoms with van der Waals surface area (Å²) in [5.74, 6) is 5.96. The van der Waals surface area contributed by atoms with Gasteiger partial charge in [0.25, 0.3) is 0 Å². The molecular formula is C19H32O2. The summed E-state index contributed by atoms with van der Waals surface area (Å²) in [4.78, 5) is 11.9. The highest BCUT2D eigenvalue weighted by Crippen LogP contribution is 2.72. The van der Waals surface area contributed by atoms with Crippen LogP contribution in [0.15, 0.2) is 0 Å². The van der Waals surface area contributed by atoms with E-state index in [9.17, 15) is 4.79 Å². The topological polar surface area (TPSA) is 26.3 Å². The van der Waals surface area contributed by atoms with Gasteiger partial charge in [-0.15, -0.1) is 0 Å². The molecule has 2 bridgehead atoms. The average Bonchev–Trinajstić information content (AvgIpc) is 3.09. The predicted octanol–water partition coefficient (Wildman–Crippen LogP) is 4.53. The summed E-state index contributed by atoms with van der Waals surface area (Å²) in [6.45, 7) is 9.54. The van der Waals surface area contributed by atoms with E-state index in [4.69, 9.17) is 4.74 Å². The van der Waals surface area contributed by atoms with Crippen molar-refractivity contribution in [2.45, 2.75) is 59.8 Å². The van der Waals surface area contributed by atoms with Gasteiger partial charge in [0.1, 0.15) is 0 Å². The Hall–Kier alpha value is -0.530. The molecule has 3 aliphatic carbocycles. The lowest BCUT2D eigenvalue weighted by Gasteiger charge is -2.46. The number of hydrogen-bond donors (Lipinski definition) is 0. The lowest BCUT2D eigenvalue weighted by molar-refractivity contribution is -0.146. The number of esters is 1. The van der Waals surface area contributed by atoms with Crippen molar-refractivity contribution in [2.24, 2.45) is 46.8 Å². The summed E-state index contributed by atoms with van der Waals surface area (Å²) in [6.07, 6.45) is 6.11. The zero-order valence-corrected chi connectivity index (χ0v) is 14.4. The molecule has 0 aromatic rings. The van der Waals surface area contributed by atoms with Gasteiger partial charge >= 0.3 is 5.97 Å². The van der Waals surface area contributed by atoms with E-state index in [2.05, 4.69) is 27.7 Å². The predicted molar refractivity (Wildman–Crippen MR) is 84.7 cm³/mol. The molecule has 3 aliphatic rings. The Kier molecular flexibility index (Phi) is 3.86. The molecule has 0 spiro atoms. The fraction of sp³-hybridized carbons (Fsp3) is 0.947. The van der Waals surface area contributed by atoms with Crippen LogP contribution in [-0.2, 0) is 9.53 Å². The molecule has 8 atom stereocenters. The van der Waals surface area contributed by atoms with Crippen molar-refractivity contribution in [3.8, 4) is 0 Å². The summed E-state index contributed by atoms with van der Waals surface area (Å²) in [6, 6.07) is 0. The van der Waals surface area contributed by atoms with Gasteiger partial charge in [-0.2, -0.15) is 0 Å². The minimum atomic E-state index is -0.00784. The summed E-state index contributed by atoms with van der Waals surface area (Å²) < 4.78 is 5.00. The van der Waals surface area contributed by atoms with Crippen LogP contribution in [0.1, 0.15) is 59.8 Å². The van der Waals surface area contributed by atoms with Gasteiger partial charge in [-0.25, -0.2) is 0 Å². The lowest BCUT2D eigenvalue weighted by Crippen LogP contribution is -2.43. The first-order valence-corrected chi connectivity index (χ1v) is 9.04. The van der Waals surface area contributed by atoms with Crippen LogP contribution in [-0.4, -0.2) is 13.1 Å². The van der Waals surface area contributed by atoms with Crippen LogP contribution in [0.2, 0.25) is 0 Å².